The fraction of sp³-hybridized carbons (Fsp3) is 0.172. The molecule has 0 aliphatic heterocycles. The van der Waals surface area contributed by atoms with Crippen molar-refractivity contribution >= 4 is 32.9 Å². The number of aryl methyl sites for hydroxylation is 1. The first-order valence-corrected chi connectivity index (χ1v) is 15.6. The maximum absolute atomic E-state index is 14.0. The van der Waals surface area contributed by atoms with Crippen LogP contribution >= 0.6 is 6.83 Å². The second kappa shape index (κ2) is 10.2. The van der Waals surface area contributed by atoms with Gasteiger partial charge in [0, 0.05) is 0 Å². The van der Waals surface area contributed by atoms with E-state index < -0.39 is 16.9 Å². The third kappa shape index (κ3) is 4.82. The van der Waals surface area contributed by atoms with Crippen molar-refractivity contribution in [1.82, 2.24) is 0 Å². The van der Waals surface area contributed by atoms with Crippen LogP contribution in [-0.2, 0) is 14.1 Å². The van der Waals surface area contributed by atoms with Crippen LogP contribution in [0, 0.1) is 6.92 Å². The van der Waals surface area contributed by atoms with Gasteiger partial charge in [0.2, 0.25) is 0 Å². The monoisotopic (exact) mass is 538 g/mol. The predicted octanol–water partition coefficient (Wildman–Crippen LogP) is 4.80. The van der Waals surface area contributed by atoms with Gasteiger partial charge in [0.15, 0.2) is 0 Å². The van der Waals surface area contributed by atoms with E-state index >= 15 is 0 Å². The summed E-state index contributed by atoms with van der Waals surface area (Å²) in [6.07, 6.45) is 0. The van der Waals surface area contributed by atoms with Crippen molar-refractivity contribution in [2.45, 2.75) is 11.8 Å². The molecule has 0 aliphatic rings. The second-order valence-corrected chi connectivity index (χ2v) is 15.3. The van der Waals surface area contributed by atoms with Crippen molar-refractivity contribution in [1.29, 1.82) is 0 Å². The van der Waals surface area contributed by atoms with Gasteiger partial charge in [-0.1, -0.05) is 0 Å². The van der Waals surface area contributed by atoms with E-state index in [0.717, 1.165) is 21.5 Å². The predicted molar refractivity (Wildman–Crippen MR) is 150 cm³/mol. The first kappa shape index (κ1) is 26.7. The molecule has 6 nitrogen and oxygen atoms in total. The number of hydrogen-bond donors (Lipinski definition) is 0. The number of rotatable bonds is 9. The van der Waals surface area contributed by atoms with E-state index in [9.17, 15) is 8.42 Å². The van der Waals surface area contributed by atoms with Crippen molar-refractivity contribution in [2.24, 2.45) is 0 Å². The van der Waals surface area contributed by atoms with Gasteiger partial charge in [-0.15, -0.1) is 0 Å². The quantitative estimate of drug-likeness (QED) is 0.285. The van der Waals surface area contributed by atoms with E-state index in [4.69, 9.17) is 18.2 Å². The summed E-state index contributed by atoms with van der Waals surface area (Å²) in [5.74, 6) is 1.96. The van der Waals surface area contributed by atoms with E-state index in [0.29, 0.717) is 17.2 Å². The minimum absolute atomic E-state index is 0.0875. The molecule has 0 saturated heterocycles. The Balaban J connectivity index is 2.08. The van der Waals surface area contributed by atoms with Crippen molar-refractivity contribution in [3.8, 4) is 17.2 Å². The van der Waals surface area contributed by atoms with Crippen molar-refractivity contribution in [3.63, 3.8) is 0 Å². The summed E-state index contributed by atoms with van der Waals surface area (Å²) in [5, 5.41) is 2.16. The Kier molecular flexibility index (Phi) is 7.33. The average Bonchev–Trinajstić information content (AvgIpc) is 2.93. The topological polar surface area (TPSA) is 71.1 Å². The number of methoxy groups -OCH3 is 3. The molecule has 0 saturated carbocycles. The van der Waals surface area contributed by atoms with Crippen LogP contribution in [0.4, 0.5) is 0 Å². The molecule has 194 valence electrons. The third-order valence-electron chi connectivity index (χ3n) is 6.68. The van der Waals surface area contributed by atoms with Gasteiger partial charge in [-0.3, -0.25) is 0 Å². The molecule has 0 N–H and O–H groups in total. The molecule has 8 heteroatoms. The van der Waals surface area contributed by atoms with Crippen molar-refractivity contribution in [3.05, 3.63) is 103 Å². The fourth-order valence-corrected chi connectivity index (χ4v) is 11.7. The number of benzene rings is 4. The van der Waals surface area contributed by atoms with E-state index in [2.05, 4.69) is 0 Å². The standard InChI is InChI=1S/C29H31O6PS/c1-22-6-20-29(21-7-22)37(30,31)35-36(5,26-14-8-23(32-2)9-15-26,27-16-10-24(33-3)11-17-27)28-18-12-25(34-4)13-19-28/h6-21H,1-5H3. The van der Waals surface area contributed by atoms with E-state index in [1.807, 2.05) is 86.4 Å². The zero-order valence-electron chi connectivity index (χ0n) is 21.5. The second-order valence-electron chi connectivity index (χ2n) is 8.90. The Morgan fingerprint density at radius 1 is 0.541 bits per heavy atom. The van der Waals surface area contributed by atoms with Gasteiger partial charge in [-0.25, -0.2) is 0 Å². The Morgan fingerprint density at radius 2 is 0.865 bits per heavy atom. The van der Waals surface area contributed by atoms with Crippen LogP contribution in [0.25, 0.3) is 0 Å². The van der Waals surface area contributed by atoms with Crippen LogP contribution in [-0.4, -0.2) is 36.4 Å². The summed E-state index contributed by atoms with van der Waals surface area (Å²) in [7, 11) is 0.548. The molecule has 0 aromatic heterocycles. The van der Waals surface area contributed by atoms with Crippen LogP contribution in [0.1, 0.15) is 5.56 Å². The first-order chi connectivity index (χ1) is 17.6. The van der Waals surface area contributed by atoms with Crippen LogP contribution < -0.4 is 30.1 Å². The summed E-state index contributed by atoms with van der Waals surface area (Å²) in [5.41, 5.74) is 0.952. The molecule has 0 bridgehead atoms. The third-order valence-corrected chi connectivity index (χ3v) is 14.4. The fourth-order valence-electron chi connectivity index (χ4n) is 4.39. The summed E-state index contributed by atoms with van der Waals surface area (Å²) in [6.45, 7) is -0.334. The van der Waals surface area contributed by atoms with Gasteiger partial charge in [0.05, 0.1) is 0 Å². The first-order valence-electron chi connectivity index (χ1n) is 11.6. The number of hydrogen-bond acceptors (Lipinski definition) is 6. The van der Waals surface area contributed by atoms with Gasteiger partial charge in [-0.05, 0) is 0 Å². The van der Waals surface area contributed by atoms with Gasteiger partial charge < -0.3 is 0 Å². The molecular weight excluding hydrogens is 507 g/mol. The molecule has 0 fully saturated rings. The summed E-state index contributed by atoms with van der Waals surface area (Å²) in [4.78, 5) is 0.0875. The van der Waals surface area contributed by atoms with Crippen LogP contribution in [0.2, 0.25) is 0 Å². The van der Waals surface area contributed by atoms with Crippen LogP contribution in [0.3, 0.4) is 0 Å². The Bertz CT molecular complexity index is 1350. The molecule has 0 radical (unpaired) electrons. The Morgan fingerprint density at radius 3 is 1.16 bits per heavy atom. The van der Waals surface area contributed by atoms with Gasteiger partial charge in [-0.2, -0.15) is 0 Å². The zero-order valence-corrected chi connectivity index (χ0v) is 23.3. The van der Waals surface area contributed by atoms with Crippen LogP contribution in [0.5, 0.6) is 17.2 Å². The number of ether oxygens (including phenoxy) is 3. The molecule has 4 aromatic carbocycles. The van der Waals surface area contributed by atoms with Gasteiger partial charge >= 0.3 is 219 Å². The summed E-state index contributed by atoms with van der Waals surface area (Å²) in [6, 6.07) is 28.8. The summed E-state index contributed by atoms with van der Waals surface area (Å²) >= 11 is 0. The Hall–Kier alpha value is -3.38. The van der Waals surface area contributed by atoms with Gasteiger partial charge in [0.1, 0.15) is 0 Å². The van der Waals surface area contributed by atoms with Crippen LogP contribution in [0.15, 0.2) is 102 Å². The molecule has 0 heterocycles. The van der Waals surface area contributed by atoms with E-state index in [-0.39, 0.29) is 4.90 Å². The normalized spacial score (nSPS) is 12.8. The van der Waals surface area contributed by atoms with Crippen molar-refractivity contribution < 1.29 is 26.6 Å². The van der Waals surface area contributed by atoms with Crippen molar-refractivity contribution in [2.75, 3.05) is 28.0 Å². The minimum atomic E-state index is -4.22. The molecule has 4 rings (SSSR count). The molecule has 4 aromatic rings. The van der Waals surface area contributed by atoms with Gasteiger partial charge in [0.25, 0.3) is 0 Å². The average molecular weight is 539 g/mol. The molecule has 0 atom stereocenters. The Labute approximate surface area is 218 Å². The maximum atomic E-state index is 14.0. The molecule has 0 amide bonds. The molecule has 0 unspecified atom stereocenters. The molecular formula is C29H31O6PS. The molecule has 0 aliphatic carbocycles. The van der Waals surface area contributed by atoms with E-state index in [1.165, 1.54) is 0 Å². The van der Waals surface area contributed by atoms with E-state index in [1.54, 1.807) is 45.6 Å². The SMILES string of the molecule is COc1ccc(P(C)(OS(=O)(=O)c2ccc(C)cc2)(c2ccc(OC)cc2)c2ccc(OC)cc2)cc1. The molecule has 0 spiro atoms. The molecule has 37 heavy (non-hydrogen) atoms. The summed E-state index contributed by atoms with van der Waals surface area (Å²) < 4.78 is 50.7. The zero-order chi connectivity index (χ0) is 26.7.